The molecule has 1 unspecified atom stereocenters. The van der Waals surface area contributed by atoms with Crippen molar-refractivity contribution >= 4 is 12.0 Å². The number of amides is 1. The lowest BCUT2D eigenvalue weighted by atomic mass is 10.2. The van der Waals surface area contributed by atoms with E-state index < -0.39 is 0 Å². The van der Waals surface area contributed by atoms with Gasteiger partial charge in [0.05, 0.1) is 6.26 Å². The van der Waals surface area contributed by atoms with Crippen LogP contribution in [-0.4, -0.2) is 64.5 Å². The molecule has 8 nitrogen and oxygen atoms in total. The molecule has 4 heterocycles. The zero-order valence-corrected chi connectivity index (χ0v) is 16.0. The number of aromatic nitrogens is 3. The maximum atomic E-state index is 12.0. The molecule has 150 valence electrons. The Morgan fingerprint density at radius 3 is 3.11 bits per heavy atom. The molecular formula is C20H27N5O3. The van der Waals surface area contributed by atoms with Gasteiger partial charge < -0.3 is 19.0 Å². The quantitative estimate of drug-likeness (QED) is 0.773. The molecule has 2 aliphatic heterocycles. The summed E-state index contributed by atoms with van der Waals surface area (Å²) >= 11 is 0. The fraction of sp³-hybridized carbons (Fsp3) is 0.550. The minimum atomic E-state index is -0.279. The molecule has 1 amide bonds. The summed E-state index contributed by atoms with van der Waals surface area (Å²) in [6, 6.07) is 3.84. The van der Waals surface area contributed by atoms with Gasteiger partial charge in [0.2, 0.25) is 5.91 Å². The molecule has 28 heavy (non-hydrogen) atoms. The Balaban J connectivity index is 1.25. The number of nitrogens with zero attached hydrogens (tertiary/aromatic N) is 4. The van der Waals surface area contributed by atoms with E-state index >= 15 is 0 Å². The van der Waals surface area contributed by atoms with E-state index in [1.807, 2.05) is 18.2 Å². The molecule has 1 fully saturated rings. The van der Waals surface area contributed by atoms with Gasteiger partial charge in [-0.2, -0.15) is 0 Å². The highest BCUT2D eigenvalue weighted by atomic mass is 16.5. The van der Waals surface area contributed by atoms with Crippen molar-refractivity contribution in [2.45, 2.75) is 38.3 Å². The Bertz CT molecular complexity index is 793. The van der Waals surface area contributed by atoms with E-state index in [4.69, 9.17) is 9.15 Å². The van der Waals surface area contributed by atoms with Crippen LogP contribution < -0.4 is 5.32 Å². The van der Waals surface area contributed by atoms with Crippen molar-refractivity contribution in [1.29, 1.82) is 0 Å². The number of hydrogen-bond donors (Lipinski definition) is 1. The van der Waals surface area contributed by atoms with Gasteiger partial charge in [-0.25, -0.2) is 0 Å². The van der Waals surface area contributed by atoms with Crippen molar-refractivity contribution in [2.24, 2.45) is 0 Å². The average molecular weight is 385 g/mol. The predicted octanol–water partition coefficient (Wildman–Crippen LogP) is 1.28. The van der Waals surface area contributed by atoms with Crippen LogP contribution in [0.15, 0.2) is 28.9 Å². The van der Waals surface area contributed by atoms with E-state index in [0.29, 0.717) is 19.6 Å². The van der Waals surface area contributed by atoms with Crippen molar-refractivity contribution in [2.75, 3.05) is 32.8 Å². The molecule has 0 radical (unpaired) electrons. The van der Waals surface area contributed by atoms with E-state index in [1.165, 1.54) is 0 Å². The molecule has 1 saturated heterocycles. The fourth-order valence-corrected chi connectivity index (χ4v) is 3.69. The topological polar surface area (TPSA) is 85.4 Å². The molecule has 0 bridgehead atoms. The van der Waals surface area contributed by atoms with E-state index in [9.17, 15) is 4.79 Å². The third-order valence-corrected chi connectivity index (χ3v) is 5.25. The first-order valence-electron chi connectivity index (χ1n) is 10.0. The molecule has 2 aromatic rings. The van der Waals surface area contributed by atoms with Crippen molar-refractivity contribution in [3.05, 3.63) is 41.9 Å². The van der Waals surface area contributed by atoms with Crippen LogP contribution in [0.2, 0.25) is 0 Å². The predicted molar refractivity (Wildman–Crippen MR) is 104 cm³/mol. The highest BCUT2D eigenvalue weighted by molar-refractivity contribution is 5.80. The van der Waals surface area contributed by atoms with Crippen molar-refractivity contribution < 1.29 is 13.9 Å². The van der Waals surface area contributed by atoms with Gasteiger partial charge in [-0.05, 0) is 31.1 Å². The van der Waals surface area contributed by atoms with Crippen LogP contribution in [0, 0.1) is 0 Å². The zero-order valence-electron chi connectivity index (χ0n) is 16.0. The van der Waals surface area contributed by atoms with Crippen LogP contribution in [0.3, 0.4) is 0 Å². The Kier molecular flexibility index (Phi) is 6.18. The van der Waals surface area contributed by atoms with Crippen molar-refractivity contribution in [1.82, 2.24) is 25.0 Å². The summed E-state index contributed by atoms with van der Waals surface area (Å²) < 4.78 is 12.9. The Labute approximate surface area is 164 Å². The standard InChI is InChI=1S/C20H27N5O3/c26-20(17-6-3-15-28-17)21-9-7-18-22-23-19-8-11-24(12-13-25(18)19)10-1-4-16-5-2-14-27-16/h1-2,4-5,14,17H,3,6-13,15H2,(H,21,26)/b4-1+. The molecule has 0 saturated carbocycles. The van der Waals surface area contributed by atoms with Gasteiger partial charge in [0.1, 0.15) is 23.5 Å². The maximum Gasteiger partial charge on any atom is 0.249 e. The third-order valence-electron chi connectivity index (χ3n) is 5.25. The molecular weight excluding hydrogens is 358 g/mol. The lowest BCUT2D eigenvalue weighted by Crippen LogP contribution is -2.35. The second-order valence-corrected chi connectivity index (χ2v) is 7.20. The first-order valence-corrected chi connectivity index (χ1v) is 10.0. The largest absolute Gasteiger partial charge is 0.465 e. The summed E-state index contributed by atoms with van der Waals surface area (Å²) in [5.74, 6) is 2.83. The van der Waals surface area contributed by atoms with Gasteiger partial charge in [-0.1, -0.05) is 6.08 Å². The van der Waals surface area contributed by atoms with E-state index in [1.54, 1.807) is 6.26 Å². The van der Waals surface area contributed by atoms with Crippen LogP contribution in [-0.2, 0) is 28.9 Å². The number of ether oxygens (including phenoxy) is 1. The lowest BCUT2D eigenvalue weighted by molar-refractivity contribution is -0.130. The van der Waals surface area contributed by atoms with Gasteiger partial charge >= 0.3 is 0 Å². The van der Waals surface area contributed by atoms with Crippen LogP contribution in [0.4, 0.5) is 0 Å². The molecule has 4 rings (SSSR count). The number of rotatable bonds is 7. The number of carbonyl (C=O) groups excluding carboxylic acids is 1. The number of carbonyl (C=O) groups is 1. The van der Waals surface area contributed by atoms with Crippen LogP contribution in [0.1, 0.15) is 30.3 Å². The molecule has 0 aromatic carbocycles. The van der Waals surface area contributed by atoms with Gasteiger partial charge in [0.15, 0.2) is 0 Å². The molecule has 1 atom stereocenters. The molecule has 0 aliphatic carbocycles. The number of furan rings is 1. The van der Waals surface area contributed by atoms with Gasteiger partial charge in [-0.3, -0.25) is 9.69 Å². The van der Waals surface area contributed by atoms with E-state index in [2.05, 4.69) is 31.1 Å². The summed E-state index contributed by atoms with van der Waals surface area (Å²) in [5, 5.41) is 11.7. The molecule has 1 N–H and O–H groups in total. The second kappa shape index (κ2) is 9.16. The molecule has 2 aliphatic rings. The summed E-state index contributed by atoms with van der Waals surface area (Å²) in [5.41, 5.74) is 0. The van der Waals surface area contributed by atoms with Gasteiger partial charge in [-0.15, -0.1) is 10.2 Å². The molecule has 2 aromatic heterocycles. The summed E-state index contributed by atoms with van der Waals surface area (Å²) in [6.45, 7) is 4.90. The number of fused-ring (bicyclic) bond motifs is 1. The number of hydrogen-bond acceptors (Lipinski definition) is 6. The molecule has 8 heteroatoms. The lowest BCUT2D eigenvalue weighted by Gasteiger charge is -2.17. The first-order chi connectivity index (χ1) is 13.8. The maximum absolute atomic E-state index is 12.0. The zero-order chi connectivity index (χ0) is 19.2. The minimum absolute atomic E-state index is 0.0115. The highest BCUT2D eigenvalue weighted by Gasteiger charge is 2.23. The number of nitrogens with one attached hydrogen (secondary N) is 1. The normalized spacial score (nSPS) is 20.4. The van der Waals surface area contributed by atoms with Crippen LogP contribution in [0.5, 0.6) is 0 Å². The van der Waals surface area contributed by atoms with Crippen LogP contribution in [0.25, 0.3) is 6.08 Å². The Hall–Kier alpha value is -2.45. The van der Waals surface area contributed by atoms with Gasteiger partial charge in [0, 0.05) is 52.2 Å². The SMILES string of the molecule is O=C(NCCc1nnc2n1CCN(C/C=C/c1ccco1)CC2)C1CCCO1. The highest BCUT2D eigenvalue weighted by Crippen LogP contribution is 2.13. The summed E-state index contributed by atoms with van der Waals surface area (Å²) in [4.78, 5) is 14.4. The smallest absolute Gasteiger partial charge is 0.249 e. The first kappa shape index (κ1) is 18.9. The van der Waals surface area contributed by atoms with Gasteiger partial charge in [0.25, 0.3) is 0 Å². The van der Waals surface area contributed by atoms with Crippen molar-refractivity contribution in [3.8, 4) is 0 Å². The Morgan fingerprint density at radius 2 is 2.29 bits per heavy atom. The summed E-state index contributed by atoms with van der Waals surface area (Å²) in [7, 11) is 0. The second-order valence-electron chi connectivity index (χ2n) is 7.20. The molecule has 0 spiro atoms. The third kappa shape index (κ3) is 4.69. The minimum Gasteiger partial charge on any atom is -0.465 e. The van der Waals surface area contributed by atoms with E-state index in [0.717, 1.165) is 62.9 Å². The van der Waals surface area contributed by atoms with Crippen molar-refractivity contribution in [3.63, 3.8) is 0 Å². The average Bonchev–Trinajstić information content (AvgIpc) is 3.44. The fourth-order valence-electron chi connectivity index (χ4n) is 3.69. The Morgan fingerprint density at radius 1 is 1.32 bits per heavy atom. The van der Waals surface area contributed by atoms with Crippen LogP contribution >= 0.6 is 0 Å². The summed E-state index contributed by atoms with van der Waals surface area (Å²) in [6.07, 6.45) is 8.88. The monoisotopic (exact) mass is 385 g/mol. The van der Waals surface area contributed by atoms with E-state index in [-0.39, 0.29) is 12.0 Å².